The zero-order chi connectivity index (χ0) is 12.0. The lowest BCUT2D eigenvalue weighted by atomic mass is 10.3. The van der Waals surface area contributed by atoms with Crippen LogP contribution >= 0.6 is 23.4 Å². The van der Waals surface area contributed by atoms with Gasteiger partial charge in [0.2, 0.25) is 0 Å². The first-order valence-corrected chi connectivity index (χ1v) is 7.59. The number of hydrogen-bond donors (Lipinski definition) is 0. The van der Waals surface area contributed by atoms with Gasteiger partial charge in [-0.3, -0.25) is 4.68 Å². The molecule has 0 aliphatic rings. The monoisotopic (exact) mass is 260 g/mol. The van der Waals surface area contributed by atoms with Gasteiger partial charge in [-0.1, -0.05) is 13.8 Å². The van der Waals surface area contributed by atoms with Gasteiger partial charge in [-0.25, -0.2) is 0 Å². The molecule has 2 nitrogen and oxygen atoms in total. The van der Waals surface area contributed by atoms with Gasteiger partial charge in [0, 0.05) is 23.9 Å². The molecule has 0 N–H and O–H groups in total. The van der Waals surface area contributed by atoms with E-state index in [2.05, 4.69) is 36.6 Å². The first kappa shape index (κ1) is 13.9. The highest BCUT2D eigenvalue weighted by Crippen LogP contribution is 2.17. The molecule has 1 aromatic rings. The molecule has 0 fully saturated rings. The van der Waals surface area contributed by atoms with Gasteiger partial charge in [-0.05, 0) is 31.1 Å². The summed E-state index contributed by atoms with van der Waals surface area (Å²) in [7, 11) is 0. The number of nitrogens with zero attached hydrogens (tertiary/aromatic N) is 2. The lowest BCUT2D eigenvalue weighted by molar-refractivity contribution is 0.627. The van der Waals surface area contributed by atoms with E-state index < -0.39 is 0 Å². The van der Waals surface area contributed by atoms with Crippen LogP contribution in [0, 0.1) is 5.92 Å². The number of halogens is 1. The SMILES string of the molecule is CCc1cc(CSCC(C)CCl)n(CC)n1. The fourth-order valence-electron chi connectivity index (χ4n) is 1.49. The van der Waals surface area contributed by atoms with Crippen LogP contribution in [0.2, 0.25) is 0 Å². The summed E-state index contributed by atoms with van der Waals surface area (Å²) in [6, 6.07) is 2.22. The van der Waals surface area contributed by atoms with Gasteiger partial charge in [-0.15, -0.1) is 11.6 Å². The van der Waals surface area contributed by atoms with Crippen molar-refractivity contribution < 1.29 is 0 Å². The topological polar surface area (TPSA) is 17.8 Å². The number of aryl methyl sites for hydroxylation is 2. The first-order valence-electron chi connectivity index (χ1n) is 5.90. The summed E-state index contributed by atoms with van der Waals surface area (Å²) in [4.78, 5) is 0. The molecule has 0 aliphatic heterocycles. The molecular formula is C12H21ClN2S. The summed E-state index contributed by atoms with van der Waals surface area (Å²) in [6.07, 6.45) is 1.02. The minimum atomic E-state index is 0.593. The minimum Gasteiger partial charge on any atom is -0.269 e. The molecule has 1 aromatic heterocycles. The molecule has 1 unspecified atom stereocenters. The van der Waals surface area contributed by atoms with E-state index in [0.29, 0.717) is 5.92 Å². The van der Waals surface area contributed by atoms with Crippen molar-refractivity contribution in [3.8, 4) is 0 Å². The van der Waals surface area contributed by atoms with Crippen LogP contribution in [0.1, 0.15) is 32.2 Å². The Labute approximate surface area is 108 Å². The smallest absolute Gasteiger partial charge is 0.0625 e. The summed E-state index contributed by atoms with van der Waals surface area (Å²) in [5.74, 6) is 3.51. The van der Waals surface area contributed by atoms with Crippen molar-refractivity contribution in [2.24, 2.45) is 5.92 Å². The maximum atomic E-state index is 5.79. The molecule has 4 heteroatoms. The van der Waals surface area contributed by atoms with Crippen LogP contribution in [-0.4, -0.2) is 21.4 Å². The Bertz CT molecular complexity index is 312. The number of thioether (sulfide) groups is 1. The lowest BCUT2D eigenvalue weighted by Crippen LogP contribution is -2.04. The second-order valence-electron chi connectivity index (χ2n) is 4.07. The largest absolute Gasteiger partial charge is 0.269 e. The van der Waals surface area contributed by atoms with Crippen molar-refractivity contribution in [2.45, 2.75) is 39.5 Å². The molecular weight excluding hydrogens is 240 g/mol. The molecule has 0 saturated heterocycles. The highest BCUT2D eigenvalue weighted by atomic mass is 35.5. The maximum Gasteiger partial charge on any atom is 0.0625 e. The van der Waals surface area contributed by atoms with Crippen LogP contribution in [0.3, 0.4) is 0 Å². The molecule has 0 bridgehead atoms. The lowest BCUT2D eigenvalue weighted by Gasteiger charge is -2.07. The summed E-state index contributed by atoms with van der Waals surface area (Å²) >= 11 is 7.74. The van der Waals surface area contributed by atoms with Crippen LogP contribution in [0.4, 0.5) is 0 Å². The molecule has 16 heavy (non-hydrogen) atoms. The van der Waals surface area contributed by atoms with Crippen molar-refractivity contribution in [1.82, 2.24) is 9.78 Å². The van der Waals surface area contributed by atoms with Crippen molar-refractivity contribution >= 4 is 23.4 Å². The van der Waals surface area contributed by atoms with E-state index in [1.54, 1.807) is 0 Å². The van der Waals surface area contributed by atoms with Crippen molar-refractivity contribution in [3.63, 3.8) is 0 Å². The average molecular weight is 261 g/mol. The number of rotatable bonds is 7. The molecule has 1 heterocycles. The Kier molecular flexibility index (Phi) is 6.29. The highest BCUT2D eigenvalue weighted by molar-refractivity contribution is 7.98. The predicted molar refractivity (Wildman–Crippen MR) is 73.3 cm³/mol. The van der Waals surface area contributed by atoms with Crippen LogP contribution in [0.15, 0.2) is 6.07 Å². The Balaban J connectivity index is 2.49. The van der Waals surface area contributed by atoms with E-state index in [1.165, 1.54) is 11.4 Å². The molecule has 0 saturated carbocycles. The molecule has 0 aromatic carbocycles. The third-order valence-electron chi connectivity index (χ3n) is 2.49. The first-order chi connectivity index (χ1) is 7.71. The number of aromatic nitrogens is 2. The molecule has 0 spiro atoms. The fraction of sp³-hybridized carbons (Fsp3) is 0.750. The van der Waals surface area contributed by atoms with E-state index in [9.17, 15) is 0 Å². The van der Waals surface area contributed by atoms with Crippen molar-refractivity contribution in [2.75, 3.05) is 11.6 Å². The minimum absolute atomic E-state index is 0.593. The van der Waals surface area contributed by atoms with E-state index in [1.807, 2.05) is 11.8 Å². The zero-order valence-corrected chi connectivity index (χ0v) is 11.9. The van der Waals surface area contributed by atoms with E-state index >= 15 is 0 Å². The molecule has 0 amide bonds. The summed E-state index contributed by atoms with van der Waals surface area (Å²) in [5, 5.41) is 4.54. The van der Waals surface area contributed by atoms with E-state index in [-0.39, 0.29) is 0 Å². The number of alkyl halides is 1. The highest BCUT2D eigenvalue weighted by Gasteiger charge is 2.06. The van der Waals surface area contributed by atoms with Crippen molar-refractivity contribution in [3.05, 3.63) is 17.5 Å². The van der Waals surface area contributed by atoms with Gasteiger partial charge in [-0.2, -0.15) is 16.9 Å². The Morgan fingerprint density at radius 1 is 1.50 bits per heavy atom. The van der Waals surface area contributed by atoms with Crippen LogP contribution in [0.25, 0.3) is 0 Å². The third-order valence-corrected chi connectivity index (χ3v) is 4.32. The third kappa shape index (κ3) is 4.02. The zero-order valence-electron chi connectivity index (χ0n) is 10.4. The predicted octanol–water partition coefficient (Wildman–Crippen LogP) is 3.57. The molecule has 1 rings (SSSR count). The standard InChI is InChI=1S/C12H21ClN2S/c1-4-11-6-12(15(5-2)14-11)9-16-8-10(3)7-13/h6,10H,4-5,7-9H2,1-3H3. The Morgan fingerprint density at radius 2 is 2.25 bits per heavy atom. The van der Waals surface area contributed by atoms with Gasteiger partial charge < -0.3 is 0 Å². The molecule has 0 radical (unpaired) electrons. The maximum absolute atomic E-state index is 5.79. The quantitative estimate of drug-likeness (QED) is 0.698. The Hall–Kier alpha value is -0.150. The van der Waals surface area contributed by atoms with Crippen molar-refractivity contribution in [1.29, 1.82) is 0 Å². The van der Waals surface area contributed by atoms with Crippen LogP contribution in [0.5, 0.6) is 0 Å². The summed E-state index contributed by atoms with van der Waals surface area (Å²) in [6.45, 7) is 7.44. The molecule has 1 atom stereocenters. The second kappa shape index (κ2) is 7.23. The number of hydrogen-bond acceptors (Lipinski definition) is 2. The molecule has 0 aliphatic carbocycles. The van der Waals surface area contributed by atoms with Crippen LogP contribution < -0.4 is 0 Å². The van der Waals surface area contributed by atoms with Gasteiger partial charge in [0.15, 0.2) is 0 Å². The van der Waals surface area contributed by atoms with E-state index in [0.717, 1.165) is 30.4 Å². The van der Waals surface area contributed by atoms with Gasteiger partial charge in [0.05, 0.1) is 5.69 Å². The van der Waals surface area contributed by atoms with Gasteiger partial charge in [0.1, 0.15) is 0 Å². The summed E-state index contributed by atoms with van der Waals surface area (Å²) in [5.41, 5.74) is 2.54. The second-order valence-corrected chi connectivity index (χ2v) is 5.41. The summed E-state index contributed by atoms with van der Waals surface area (Å²) < 4.78 is 2.11. The Morgan fingerprint density at radius 3 is 2.81 bits per heavy atom. The van der Waals surface area contributed by atoms with Crippen LogP contribution in [-0.2, 0) is 18.7 Å². The van der Waals surface area contributed by atoms with Gasteiger partial charge in [0.25, 0.3) is 0 Å². The normalized spacial score (nSPS) is 13.0. The van der Waals surface area contributed by atoms with E-state index in [4.69, 9.17) is 11.6 Å². The average Bonchev–Trinajstić information content (AvgIpc) is 2.71. The fourth-order valence-corrected chi connectivity index (χ4v) is 2.81. The molecule has 92 valence electrons. The van der Waals surface area contributed by atoms with Gasteiger partial charge >= 0.3 is 0 Å².